The van der Waals surface area contributed by atoms with Gasteiger partial charge in [-0.15, -0.1) is 0 Å². The minimum Gasteiger partial charge on any atom is -0.410 e. The highest BCUT2D eigenvalue weighted by molar-refractivity contribution is 6.45. The summed E-state index contributed by atoms with van der Waals surface area (Å²) in [5.41, 5.74) is -1.21. The van der Waals surface area contributed by atoms with E-state index < -0.39 is 17.2 Å². The van der Waals surface area contributed by atoms with Crippen LogP contribution in [0.25, 0.3) is 0 Å². The van der Waals surface area contributed by atoms with Crippen LogP contribution in [0.1, 0.15) is 55.4 Å². The summed E-state index contributed by atoms with van der Waals surface area (Å²) in [6.07, 6.45) is -0.0583. The van der Waals surface area contributed by atoms with E-state index in [0.29, 0.717) is 0 Å². The number of nitrogens with one attached hydrogen (secondary N) is 2. The Kier molecular flexibility index (Phi) is 12.1. The van der Waals surface area contributed by atoms with Crippen LogP contribution in [0.3, 0.4) is 0 Å². The summed E-state index contributed by atoms with van der Waals surface area (Å²) in [5.74, 6) is -0.887. The Labute approximate surface area is 138 Å². The van der Waals surface area contributed by atoms with Gasteiger partial charge in [-0.2, -0.15) is 10.5 Å². The number of carbonyl (C=O) groups excluding carboxylic acids is 2. The lowest BCUT2D eigenvalue weighted by Crippen LogP contribution is -2.43. The second-order valence-electron chi connectivity index (χ2n) is 6.40. The minimum absolute atomic E-state index is 0. The quantitative estimate of drug-likeness (QED) is 0.403. The fourth-order valence-corrected chi connectivity index (χ4v) is 1.05. The van der Waals surface area contributed by atoms with Gasteiger partial charge >= 0.3 is 0 Å². The topological polar surface area (TPSA) is 138 Å². The fraction of sp³-hybridized carbons (Fsp3) is 0.667. The van der Waals surface area contributed by atoms with Crippen molar-refractivity contribution in [2.24, 2.45) is 5.16 Å². The zero-order valence-electron chi connectivity index (χ0n) is 13.8. The van der Waals surface area contributed by atoms with Gasteiger partial charge in [-0.05, 0) is 41.5 Å². The number of amides is 2. The summed E-state index contributed by atoms with van der Waals surface area (Å²) < 4.78 is 0. The Balaban J connectivity index is -0.000000338. The first-order valence-corrected chi connectivity index (χ1v) is 6.49. The largest absolute Gasteiger partial charge is 0.410 e. The van der Waals surface area contributed by atoms with Crippen LogP contribution in [-0.2, 0) is 9.59 Å². The molecule has 2 amide bonds. The molecule has 0 rings (SSSR count). The summed E-state index contributed by atoms with van der Waals surface area (Å²) >= 11 is 0. The molecule has 0 atom stereocenters. The molecule has 0 saturated heterocycles. The molecule has 0 aromatic heterocycles. The van der Waals surface area contributed by atoms with Crippen molar-refractivity contribution in [1.29, 1.82) is 10.5 Å². The van der Waals surface area contributed by atoms with Gasteiger partial charge in [0.15, 0.2) is 0 Å². The van der Waals surface area contributed by atoms with Crippen LogP contribution >= 0.6 is 0 Å². The molecule has 0 heterocycles. The molecule has 0 saturated carbocycles. The smallest absolute Gasteiger partial charge is 0.284 e. The molecule has 0 aliphatic rings. The minimum atomic E-state index is -0.674. The summed E-state index contributed by atoms with van der Waals surface area (Å²) in [7, 11) is 0. The van der Waals surface area contributed by atoms with E-state index >= 15 is 0 Å². The summed E-state index contributed by atoms with van der Waals surface area (Å²) in [6, 6.07) is 3.24. The average Bonchev–Trinajstić information content (AvgIpc) is 2.26. The highest BCUT2D eigenvalue weighted by atomic mass is 16.4. The van der Waals surface area contributed by atoms with E-state index in [0.717, 1.165) is 0 Å². The van der Waals surface area contributed by atoms with Crippen molar-refractivity contribution in [2.45, 2.75) is 66.5 Å². The molecular formula is C15H27N5O3. The molecule has 0 unspecified atom stereocenters. The van der Waals surface area contributed by atoms with E-state index in [1.54, 1.807) is 26.8 Å². The van der Waals surface area contributed by atoms with Gasteiger partial charge in [-0.1, -0.05) is 12.6 Å². The predicted octanol–water partition coefficient (Wildman–Crippen LogP) is 1.71. The van der Waals surface area contributed by atoms with E-state index in [1.165, 1.54) is 6.07 Å². The Morgan fingerprint density at radius 2 is 1.48 bits per heavy atom. The SMILES string of the molecule is C.CC(C)(C)NC(=O)/C(C#N)=N/O.CC(C)(C)NC(=O)CC#N. The van der Waals surface area contributed by atoms with Gasteiger partial charge in [-0.25, -0.2) is 0 Å². The molecule has 8 heteroatoms. The van der Waals surface area contributed by atoms with Crippen molar-refractivity contribution in [3.63, 3.8) is 0 Å². The molecule has 130 valence electrons. The molecule has 23 heavy (non-hydrogen) atoms. The van der Waals surface area contributed by atoms with Crippen LogP contribution in [0.2, 0.25) is 0 Å². The van der Waals surface area contributed by atoms with Crippen molar-refractivity contribution < 1.29 is 14.8 Å². The molecule has 0 aliphatic heterocycles. The van der Waals surface area contributed by atoms with Crippen molar-refractivity contribution >= 4 is 17.5 Å². The van der Waals surface area contributed by atoms with Crippen molar-refractivity contribution in [2.75, 3.05) is 0 Å². The zero-order valence-corrected chi connectivity index (χ0v) is 13.8. The zero-order chi connectivity index (χ0) is 18.0. The number of oxime groups is 1. The molecule has 0 aromatic carbocycles. The third kappa shape index (κ3) is 17.3. The van der Waals surface area contributed by atoms with Crippen LogP contribution < -0.4 is 10.6 Å². The van der Waals surface area contributed by atoms with Gasteiger partial charge in [0.2, 0.25) is 11.6 Å². The monoisotopic (exact) mass is 325 g/mol. The Hall–Kier alpha value is -2.61. The van der Waals surface area contributed by atoms with Crippen LogP contribution in [-0.4, -0.2) is 33.8 Å². The maximum atomic E-state index is 11.0. The van der Waals surface area contributed by atoms with E-state index in [9.17, 15) is 9.59 Å². The molecule has 0 radical (unpaired) electrons. The first-order chi connectivity index (χ1) is 9.86. The van der Waals surface area contributed by atoms with Crippen LogP contribution in [0.4, 0.5) is 0 Å². The normalized spacial score (nSPS) is 10.7. The van der Waals surface area contributed by atoms with Gasteiger partial charge in [0, 0.05) is 11.1 Å². The van der Waals surface area contributed by atoms with Crippen molar-refractivity contribution in [1.82, 2.24) is 10.6 Å². The first kappa shape index (κ1) is 25.3. The maximum absolute atomic E-state index is 11.0. The number of nitriles is 2. The molecule has 0 spiro atoms. The molecule has 0 aliphatic carbocycles. The predicted molar refractivity (Wildman–Crippen MR) is 87.6 cm³/mol. The van der Waals surface area contributed by atoms with Crippen LogP contribution in [0.15, 0.2) is 5.16 Å². The molecule has 8 nitrogen and oxygen atoms in total. The van der Waals surface area contributed by atoms with Gasteiger partial charge in [-0.3, -0.25) is 9.59 Å². The van der Waals surface area contributed by atoms with Crippen LogP contribution in [0.5, 0.6) is 0 Å². The second-order valence-corrected chi connectivity index (χ2v) is 6.40. The number of hydrogen-bond acceptors (Lipinski definition) is 6. The Morgan fingerprint density at radius 1 is 1.04 bits per heavy atom. The second kappa shape index (κ2) is 11.0. The number of rotatable bonds is 2. The number of hydrogen-bond donors (Lipinski definition) is 3. The lowest BCUT2D eigenvalue weighted by atomic mass is 10.1. The highest BCUT2D eigenvalue weighted by Gasteiger charge is 2.18. The van der Waals surface area contributed by atoms with Gasteiger partial charge in [0.1, 0.15) is 12.5 Å². The summed E-state index contributed by atoms with van der Waals surface area (Å²) in [4.78, 5) is 21.7. The van der Waals surface area contributed by atoms with E-state index in [1.807, 2.05) is 20.8 Å². The summed E-state index contributed by atoms with van der Waals surface area (Å²) in [5, 5.41) is 32.3. The van der Waals surface area contributed by atoms with E-state index in [2.05, 4.69) is 15.8 Å². The lowest BCUT2D eigenvalue weighted by Gasteiger charge is -2.19. The molecular weight excluding hydrogens is 298 g/mol. The third-order valence-electron chi connectivity index (χ3n) is 1.66. The van der Waals surface area contributed by atoms with Crippen molar-refractivity contribution in [3.8, 4) is 12.1 Å². The summed E-state index contributed by atoms with van der Waals surface area (Å²) in [6.45, 7) is 10.9. The standard InChI is InChI=1S/C7H11N3O2.C7H12N2O.CH4/c1-7(2,3)9-6(11)5(4-8)10-12;1-7(2,3)9-6(10)4-5-8;/h12H,1-3H3,(H,9,11);4H2,1-3H3,(H,9,10);1H4/b10-5+;;. The Bertz CT molecular complexity index is 499. The lowest BCUT2D eigenvalue weighted by molar-refractivity contribution is -0.121. The fourth-order valence-electron chi connectivity index (χ4n) is 1.05. The average molecular weight is 325 g/mol. The molecule has 0 fully saturated rings. The molecule has 3 N–H and O–H groups in total. The van der Waals surface area contributed by atoms with Gasteiger partial charge < -0.3 is 15.8 Å². The third-order valence-corrected chi connectivity index (χ3v) is 1.66. The van der Waals surface area contributed by atoms with Gasteiger partial charge in [0.05, 0.1) is 6.07 Å². The van der Waals surface area contributed by atoms with Crippen LogP contribution in [0, 0.1) is 22.7 Å². The van der Waals surface area contributed by atoms with E-state index in [4.69, 9.17) is 15.7 Å². The van der Waals surface area contributed by atoms with E-state index in [-0.39, 0.29) is 25.3 Å². The van der Waals surface area contributed by atoms with Crippen molar-refractivity contribution in [3.05, 3.63) is 0 Å². The maximum Gasteiger partial charge on any atom is 0.284 e. The Morgan fingerprint density at radius 3 is 1.74 bits per heavy atom. The number of nitrogens with zero attached hydrogens (tertiary/aromatic N) is 3. The van der Waals surface area contributed by atoms with Gasteiger partial charge in [0.25, 0.3) is 5.91 Å². The molecule has 0 aromatic rings. The highest BCUT2D eigenvalue weighted by Crippen LogP contribution is 1.98. The molecule has 0 bridgehead atoms. The first-order valence-electron chi connectivity index (χ1n) is 6.49. The number of carbonyl (C=O) groups is 2.